The van der Waals surface area contributed by atoms with E-state index in [0.717, 1.165) is 11.1 Å². The molecular weight excluding hydrogens is 188 g/mol. The second-order valence-corrected chi connectivity index (χ2v) is 2.99. The van der Waals surface area contributed by atoms with Crippen LogP contribution in [0.2, 0.25) is 0 Å². The van der Waals surface area contributed by atoms with Crippen molar-refractivity contribution in [3.8, 4) is 0 Å². The van der Waals surface area contributed by atoms with Gasteiger partial charge in [-0.25, -0.2) is 4.79 Å². The molecule has 0 amide bonds. The van der Waals surface area contributed by atoms with Gasteiger partial charge in [0.1, 0.15) is 0 Å². The van der Waals surface area contributed by atoms with Crippen LogP contribution in [0.15, 0.2) is 18.2 Å². The normalized spacial score (nSPS) is 9.77. The quantitative estimate of drug-likeness (QED) is 0.539. The van der Waals surface area contributed by atoms with E-state index in [-0.39, 0.29) is 5.97 Å². The summed E-state index contributed by atoms with van der Waals surface area (Å²) in [5, 5.41) is 0. The molecule has 1 rings (SSSR count). The Bertz CT molecular complexity index is 321. The molecule has 13 heavy (non-hydrogen) atoms. The minimum Gasteiger partial charge on any atom is -0.465 e. The van der Waals surface area contributed by atoms with Crippen LogP contribution in [0, 0.1) is 6.92 Å². The molecule has 1 aromatic carbocycles. The van der Waals surface area contributed by atoms with Gasteiger partial charge in [0.05, 0.1) is 12.7 Å². The van der Waals surface area contributed by atoms with Crippen molar-refractivity contribution in [2.45, 2.75) is 12.8 Å². The monoisotopic (exact) mass is 198 g/mol. The van der Waals surface area contributed by atoms with Crippen molar-refractivity contribution in [1.82, 2.24) is 0 Å². The van der Waals surface area contributed by atoms with Crippen LogP contribution < -0.4 is 0 Å². The third-order valence-corrected chi connectivity index (χ3v) is 2.22. The van der Waals surface area contributed by atoms with E-state index in [1.165, 1.54) is 7.11 Å². The molecule has 0 saturated carbocycles. The Morgan fingerprint density at radius 3 is 2.77 bits per heavy atom. The van der Waals surface area contributed by atoms with Crippen molar-refractivity contribution >= 4 is 17.6 Å². The number of aryl methyl sites for hydroxylation is 1. The number of esters is 1. The van der Waals surface area contributed by atoms with Gasteiger partial charge in [0.25, 0.3) is 0 Å². The Labute approximate surface area is 82.5 Å². The zero-order valence-corrected chi connectivity index (χ0v) is 8.39. The number of alkyl halides is 1. The van der Waals surface area contributed by atoms with Crippen molar-refractivity contribution in [1.29, 1.82) is 0 Å². The van der Waals surface area contributed by atoms with Gasteiger partial charge in [-0.2, -0.15) is 0 Å². The first-order valence-electron chi connectivity index (χ1n) is 3.93. The van der Waals surface area contributed by atoms with Crippen molar-refractivity contribution in [2.24, 2.45) is 0 Å². The summed E-state index contributed by atoms with van der Waals surface area (Å²) in [6.07, 6.45) is 0. The minimum atomic E-state index is -0.334. The highest BCUT2D eigenvalue weighted by Gasteiger charge is 2.11. The number of rotatable bonds is 2. The summed E-state index contributed by atoms with van der Waals surface area (Å²) in [6, 6.07) is 5.46. The lowest BCUT2D eigenvalue weighted by molar-refractivity contribution is 0.0599. The first kappa shape index (κ1) is 10.1. The third kappa shape index (κ3) is 2.01. The van der Waals surface area contributed by atoms with Gasteiger partial charge in [-0.05, 0) is 24.1 Å². The fourth-order valence-corrected chi connectivity index (χ4v) is 1.54. The number of halogens is 1. The molecule has 0 aliphatic heterocycles. The maximum absolute atomic E-state index is 11.3. The molecule has 2 nitrogen and oxygen atoms in total. The van der Waals surface area contributed by atoms with Crippen molar-refractivity contribution in [2.75, 3.05) is 7.11 Å². The molecule has 0 saturated heterocycles. The molecule has 0 aliphatic rings. The highest BCUT2D eigenvalue weighted by atomic mass is 35.5. The number of methoxy groups -OCH3 is 1. The van der Waals surface area contributed by atoms with Gasteiger partial charge in [-0.1, -0.05) is 12.1 Å². The van der Waals surface area contributed by atoms with Crippen molar-refractivity contribution in [3.05, 3.63) is 34.9 Å². The van der Waals surface area contributed by atoms with Gasteiger partial charge in [-0.15, -0.1) is 11.6 Å². The third-order valence-electron chi connectivity index (χ3n) is 1.95. The van der Waals surface area contributed by atoms with Gasteiger partial charge in [-0.3, -0.25) is 0 Å². The number of carbonyl (C=O) groups is 1. The minimum absolute atomic E-state index is 0.330. The number of hydrogen-bond donors (Lipinski definition) is 0. The zero-order valence-electron chi connectivity index (χ0n) is 7.63. The van der Waals surface area contributed by atoms with E-state index in [2.05, 4.69) is 4.74 Å². The number of hydrogen-bond acceptors (Lipinski definition) is 2. The summed E-state index contributed by atoms with van der Waals surface area (Å²) in [5.41, 5.74) is 2.41. The van der Waals surface area contributed by atoms with E-state index in [9.17, 15) is 4.79 Å². The molecule has 0 heterocycles. The molecule has 0 spiro atoms. The topological polar surface area (TPSA) is 26.3 Å². The SMILES string of the molecule is COC(=O)c1cccc(C)c1CCl. The van der Waals surface area contributed by atoms with Crippen LogP contribution in [-0.2, 0) is 10.6 Å². The van der Waals surface area contributed by atoms with Gasteiger partial charge < -0.3 is 4.74 Å². The van der Waals surface area contributed by atoms with E-state index in [0.29, 0.717) is 11.4 Å². The standard InChI is InChI=1S/C10H11ClO2/c1-7-4-3-5-8(9(7)6-11)10(12)13-2/h3-5H,6H2,1-2H3. The molecular formula is C10H11ClO2. The summed E-state index contributed by atoms with van der Waals surface area (Å²) in [4.78, 5) is 11.3. The maximum atomic E-state index is 11.3. The predicted molar refractivity (Wildman–Crippen MR) is 52.1 cm³/mol. The maximum Gasteiger partial charge on any atom is 0.338 e. The molecule has 0 atom stereocenters. The molecule has 0 unspecified atom stereocenters. The summed E-state index contributed by atoms with van der Waals surface area (Å²) in [7, 11) is 1.36. The second-order valence-electron chi connectivity index (χ2n) is 2.73. The van der Waals surface area contributed by atoms with E-state index in [1.54, 1.807) is 6.07 Å². The van der Waals surface area contributed by atoms with E-state index < -0.39 is 0 Å². The number of ether oxygens (including phenoxy) is 1. The molecule has 0 N–H and O–H groups in total. The summed E-state index contributed by atoms with van der Waals surface area (Å²) in [5.74, 6) is -0.00347. The molecule has 3 heteroatoms. The van der Waals surface area contributed by atoms with Crippen LogP contribution in [0.4, 0.5) is 0 Å². The summed E-state index contributed by atoms with van der Waals surface area (Å²) in [6.45, 7) is 1.92. The lowest BCUT2D eigenvalue weighted by Crippen LogP contribution is -2.05. The molecule has 1 aromatic rings. The second kappa shape index (κ2) is 4.28. The fraction of sp³-hybridized carbons (Fsp3) is 0.300. The van der Waals surface area contributed by atoms with Crippen LogP contribution in [-0.4, -0.2) is 13.1 Å². The largest absolute Gasteiger partial charge is 0.465 e. The molecule has 0 fully saturated rings. The Morgan fingerprint density at radius 1 is 1.54 bits per heavy atom. The van der Waals surface area contributed by atoms with E-state index in [4.69, 9.17) is 11.6 Å². The highest BCUT2D eigenvalue weighted by molar-refractivity contribution is 6.17. The van der Waals surface area contributed by atoms with Crippen LogP contribution >= 0.6 is 11.6 Å². The zero-order chi connectivity index (χ0) is 9.84. The summed E-state index contributed by atoms with van der Waals surface area (Å²) < 4.78 is 4.64. The van der Waals surface area contributed by atoms with Gasteiger partial charge in [0.15, 0.2) is 0 Å². The molecule has 70 valence electrons. The van der Waals surface area contributed by atoms with Crippen LogP contribution in [0.5, 0.6) is 0 Å². The first-order chi connectivity index (χ1) is 6.20. The van der Waals surface area contributed by atoms with Crippen LogP contribution in [0.25, 0.3) is 0 Å². The predicted octanol–water partition coefficient (Wildman–Crippen LogP) is 2.52. The Kier molecular flexibility index (Phi) is 3.32. The smallest absolute Gasteiger partial charge is 0.338 e. The van der Waals surface area contributed by atoms with Crippen molar-refractivity contribution in [3.63, 3.8) is 0 Å². The fourth-order valence-electron chi connectivity index (χ4n) is 1.18. The number of benzene rings is 1. The van der Waals surface area contributed by atoms with E-state index in [1.807, 2.05) is 19.1 Å². The van der Waals surface area contributed by atoms with Crippen LogP contribution in [0.3, 0.4) is 0 Å². The molecule has 0 aromatic heterocycles. The Morgan fingerprint density at radius 2 is 2.23 bits per heavy atom. The lowest BCUT2D eigenvalue weighted by Gasteiger charge is -2.07. The highest BCUT2D eigenvalue weighted by Crippen LogP contribution is 2.17. The van der Waals surface area contributed by atoms with Gasteiger partial charge in [0.2, 0.25) is 0 Å². The molecule has 0 aliphatic carbocycles. The number of carbonyl (C=O) groups excluding carboxylic acids is 1. The van der Waals surface area contributed by atoms with Crippen LogP contribution in [0.1, 0.15) is 21.5 Å². The van der Waals surface area contributed by atoms with Crippen molar-refractivity contribution < 1.29 is 9.53 Å². The Balaban J connectivity index is 3.20. The molecule has 0 bridgehead atoms. The van der Waals surface area contributed by atoms with Gasteiger partial charge >= 0.3 is 5.97 Å². The average molecular weight is 199 g/mol. The first-order valence-corrected chi connectivity index (χ1v) is 4.47. The molecule has 0 radical (unpaired) electrons. The Hall–Kier alpha value is -1.02. The average Bonchev–Trinajstić information content (AvgIpc) is 2.16. The van der Waals surface area contributed by atoms with Gasteiger partial charge in [0, 0.05) is 5.88 Å². The summed E-state index contributed by atoms with van der Waals surface area (Å²) >= 11 is 5.73. The van der Waals surface area contributed by atoms with E-state index >= 15 is 0 Å². The lowest BCUT2D eigenvalue weighted by atomic mass is 10.0.